The molecule has 1 aromatic rings. The molecule has 0 N–H and O–H groups in total. The Morgan fingerprint density at radius 2 is 1.92 bits per heavy atom. The largest absolute Gasteiger partial charge is 0.476 e. The van der Waals surface area contributed by atoms with E-state index in [-0.39, 0.29) is 6.61 Å². The fourth-order valence-electron chi connectivity index (χ4n) is 0.771. The van der Waals surface area contributed by atoms with Crippen LogP contribution in [0, 0.1) is 11.3 Å². The zero-order valence-corrected chi connectivity index (χ0v) is 9.45. The summed E-state index contributed by atoms with van der Waals surface area (Å²) in [6.07, 6.45) is 0. The Morgan fingerprint density at radius 3 is 2.38 bits per heavy atom. The molecule has 68 valence electrons. The van der Waals surface area contributed by atoms with Gasteiger partial charge >= 0.3 is 0 Å². The second-order valence-corrected chi connectivity index (χ2v) is 3.88. The lowest BCUT2D eigenvalue weighted by atomic mass is 10.3. The Bertz CT molecular complexity index is 339. The normalized spacial score (nSPS) is 9.38. The van der Waals surface area contributed by atoms with E-state index in [0.29, 0.717) is 15.8 Å². The third-order valence-electron chi connectivity index (χ3n) is 1.24. The van der Waals surface area contributed by atoms with E-state index >= 15 is 0 Å². The minimum absolute atomic E-state index is 0.0684. The number of hydrogen-bond acceptors (Lipinski definition) is 2. The van der Waals surface area contributed by atoms with Gasteiger partial charge in [-0.2, -0.15) is 5.26 Å². The molecule has 0 amide bonds. The summed E-state index contributed by atoms with van der Waals surface area (Å²) in [4.78, 5) is 0. The molecule has 0 saturated heterocycles. The van der Waals surface area contributed by atoms with Crippen LogP contribution in [0.25, 0.3) is 0 Å². The molecule has 0 spiro atoms. The van der Waals surface area contributed by atoms with Crippen LogP contribution in [0.15, 0.2) is 16.6 Å². The molecule has 0 aromatic heterocycles. The molecule has 0 unspecified atom stereocenters. The summed E-state index contributed by atoms with van der Waals surface area (Å²) >= 11 is 14.9. The molecular formula is C8H4BrCl2NO. The van der Waals surface area contributed by atoms with E-state index in [4.69, 9.17) is 33.2 Å². The Kier molecular flexibility index (Phi) is 3.86. The molecule has 1 aromatic carbocycles. The number of nitrogens with zero attached hydrogens (tertiary/aromatic N) is 1. The lowest BCUT2D eigenvalue weighted by Gasteiger charge is -2.06. The van der Waals surface area contributed by atoms with Crippen molar-refractivity contribution in [1.29, 1.82) is 5.26 Å². The molecule has 0 fully saturated rings. The summed E-state index contributed by atoms with van der Waals surface area (Å²) in [6.45, 7) is -0.0684. The Morgan fingerprint density at radius 1 is 1.38 bits per heavy atom. The highest BCUT2D eigenvalue weighted by Gasteiger charge is 2.08. The van der Waals surface area contributed by atoms with Crippen molar-refractivity contribution in [3.05, 3.63) is 26.7 Å². The van der Waals surface area contributed by atoms with Gasteiger partial charge in [0, 0.05) is 4.47 Å². The van der Waals surface area contributed by atoms with Crippen LogP contribution in [0.5, 0.6) is 5.75 Å². The zero-order chi connectivity index (χ0) is 9.84. The predicted molar refractivity (Wildman–Crippen MR) is 55.3 cm³/mol. The van der Waals surface area contributed by atoms with E-state index in [0.717, 1.165) is 4.47 Å². The minimum atomic E-state index is -0.0684. The van der Waals surface area contributed by atoms with Crippen molar-refractivity contribution in [2.45, 2.75) is 0 Å². The quantitative estimate of drug-likeness (QED) is 0.828. The van der Waals surface area contributed by atoms with Gasteiger partial charge in [0.1, 0.15) is 6.07 Å². The first-order chi connectivity index (χ1) is 6.15. The van der Waals surface area contributed by atoms with Crippen molar-refractivity contribution >= 4 is 39.1 Å². The van der Waals surface area contributed by atoms with Crippen LogP contribution < -0.4 is 4.74 Å². The average molecular weight is 281 g/mol. The van der Waals surface area contributed by atoms with Crippen molar-refractivity contribution in [1.82, 2.24) is 0 Å². The molecule has 0 saturated carbocycles. The summed E-state index contributed by atoms with van der Waals surface area (Å²) in [5.41, 5.74) is 0. The number of rotatable bonds is 2. The Labute approximate surface area is 94.1 Å². The van der Waals surface area contributed by atoms with Crippen molar-refractivity contribution in [3.63, 3.8) is 0 Å². The molecule has 0 aliphatic rings. The van der Waals surface area contributed by atoms with Gasteiger partial charge in [0.15, 0.2) is 12.4 Å². The van der Waals surface area contributed by atoms with Crippen LogP contribution in [0.3, 0.4) is 0 Å². The fraction of sp³-hybridized carbons (Fsp3) is 0.125. The summed E-state index contributed by atoms with van der Waals surface area (Å²) < 4.78 is 5.80. The van der Waals surface area contributed by atoms with E-state index in [1.54, 1.807) is 12.1 Å². The van der Waals surface area contributed by atoms with Gasteiger partial charge in [-0.1, -0.05) is 39.1 Å². The van der Waals surface area contributed by atoms with Crippen molar-refractivity contribution < 1.29 is 4.74 Å². The SMILES string of the molecule is N#CCOc1c(Cl)cc(Br)cc1Cl. The van der Waals surface area contributed by atoms with Gasteiger partial charge in [0.2, 0.25) is 0 Å². The molecule has 2 nitrogen and oxygen atoms in total. The highest BCUT2D eigenvalue weighted by molar-refractivity contribution is 9.10. The molecule has 5 heteroatoms. The number of ether oxygens (including phenoxy) is 1. The first-order valence-electron chi connectivity index (χ1n) is 3.29. The van der Waals surface area contributed by atoms with Gasteiger partial charge in [-0.05, 0) is 12.1 Å². The standard InChI is InChI=1S/C8H4BrCl2NO/c9-5-3-6(10)8(7(11)4-5)13-2-1-12/h3-4H,2H2. The lowest BCUT2D eigenvalue weighted by Crippen LogP contribution is -1.94. The number of nitriles is 1. The van der Waals surface area contributed by atoms with E-state index < -0.39 is 0 Å². The summed E-state index contributed by atoms with van der Waals surface area (Å²) in [7, 11) is 0. The van der Waals surface area contributed by atoms with E-state index in [1.165, 1.54) is 0 Å². The topological polar surface area (TPSA) is 33.0 Å². The van der Waals surface area contributed by atoms with Crippen LogP contribution >= 0.6 is 39.1 Å². The van der Waals surface area contributed by atoms with Gasteiger partial charge in [0.05, 0.1) is 10.0 Å². The maximum atomic E-state index is 8.29. The average Bonchev–Trinajstić information content (AvgIpc) is 2.02. The van der Waals surface area contributed by atoms with Crippen LogP contribution in [0.4, 0.5) is 0 Å². The van der Waals surface area contributed by atoms with E-state index in [1.807, 2.05) is 6.07 Å². The zero-order valence-electron chi connectivity index (χ0n) is 6.35. The van der Waals surface area contributed by atoms with Gasteiger partial charge in [-0.25, -0.2) is 0 Å². The predicted octanol–water partition coefficient (Wildman–Crippen LogP) is 3.66. The monoisotopic (exact) mass is 279 g/mol. The van der Waals surface area contributed by atoms with E-state index in [2.05, 4.69) is 15.9 Å². The minimum Gasteiger partial charge on any atom is -0.476 e. The van der Waals surface area contributed by atoms with Crippen LogP contribution in [0.1, 0.15) is 0 Å². The first kappa shape index (κ1) is 10.6. The molecule has 13 heavy (non-hydrogen) atoms. The van der Waals surface area contributed by atoms with Crippen LogP contribution in [-0.4, -0.2) is 6.61 Å². The molecule has 0 aliphatic heterocycles. The van der Waals surface area contributed by atoms with Crippen molar-refractivity contribution in [2.24, 2.45) is 0 Å². The second kappa shape index (κ2) is 4.71. The third-order valence-corrected chi connectivity index (χ3v) is 2.26. The van der Waals surface area contributed by atoms with Crippen LogP contribution in [0.2, 0.25) is 10.0 Å². The molecular weight excluding hydrogens is 277 g/mol. The maximum Gasteiger partial charge on any atom is 0.174 e. The summed E-state index contributed by atoms with van der Waals surface area (Å²) in [5, 5.41) is 9.06. The van der Waals surface area contributed by atoms with Crippen LogP contribution in [-0.2, 0) is 0 Å². The molecule has 0 atom stereocenters. The molecule has 0 radical (unpaired) electrons. The molecule has 0 aliphatic carbocycles. The number of halogens is 3. The fourth-order valence-corrected chi connectivity index (χ4v) is 2.09. The Balaban J connectivity index is 3.00. The van der Waals surface area contributed by atoms with E-state index in [9.17, 15) is 0 Å². The lowest BCUT2D eigenvalue weighted by molar-refractivity contribution is 0.368. The smallest absolute Gasteiger partial charge is 0.174 e. The maximum absolute atomic E-state index is 8.29. The van der Waals surface area contributed by atoms with Gasteiger partial charge in [-0.3, -0.25) is 0 Å². The third kappa shape index (κ3) is 2.77. The number of hydrogen-bond donors (Lipinski definition) is 0. The second-order valence-electron chi connectivity index (χ2n) is 2.15. The highest BCUT2D eigenvalue weighted by Crippen LogP contribution is 2.35. The molecule has 0 heterocycles. The molecule has 0 bridgehead atoms. The Hall–Kier alpha value is -0.430. The number of benzene rings is 1. The highest BCUT2D eigenvalue weighted by atomic mass is 79.9. The summed E-state index contributed by atoms with van der Waals surface area (Å²) in [5.74, 6) is 0.341. The first-order valence-corrected chi connectivity index (χ1v) is 4.84. The molecule has 1 rings (SSSR count). The summed E-state index contributed by atoms with van der Waals surface area (Å²) in [6, 6.07) is 5.14. The van der Waals surface area contributed by atoms with Gasteiger partial charge in [0.25, 0.3) is 0 Å². The van der Waals surface area contributed by atoms with Gasteiger partial charge < -0.3 is 4.74 Å². The van der Waals surface area contributed by atoms with Crippen molar-refractivity contribution in [3.8, 4) is 11.8 Å². The van der Waals surface area contributed by atoms with Gasteiger partial charge in [-0.15, -0.1) is 0 Å². The van der Waals surface area contributed by atoms with Crippen molar-refractivity contribution in [2.75, 3.05) is 6.61 Å².